The smallest absolute Gasteiger partial charge is 0.165 e. The summed E-state index contributed by atoms with van der Waals surface area (Å²) in [5.41, 5.74) is 1.68. The van der Waals surface area contributed by atoms with Crippen LogP contribution < -0.4 is 5.32 Å². The predicted molar refractivity (Wildman–Crippen MR) is 99.8 cm³/mol. The third-order valence-electron chi connectivity index (χ3n) is 3.67. The first-order valence-corrected chi connectivity index (χ1v) is 8.23. The van der Waals surface area contributed by atoms with Gasteiger partial charge >= 0.3 is 0 Å². The highest BCUT2D eigenvalue weighted by Crippen LogP contribution is 2.23. The van der Waals surface area contributed by atoms with Crippen LogP contribution in [0.5, 0.6) is 0 Å². The molecule has 0 bridgehead atoms. The highest BCUT2D eigenvalue weighted by Gasteiger charge is 2.23. The summed E-state index contributed by atoms with van der Waals surface area (Å²) in [5.74, 6) is 0.115. The molecule has 2 rings (SSSR count). The molecule has 0 heterocycles. The number of Topliss-reactive ketones (excluding diaryl/α,β-unsaturated/α-hetero) is 1. The van der Waals surface area contributed by atoms with Crippen LogP contribution in [0.1, 0.15) is 49.2 Å². The van der Waals surface area contributed by atoms with Crippen molar-refractivity contribution < 1.29 is 4.79 Å². The van der Waals surface area contributed by atoms with Crippen LogP contribution in [0.3, 0.4) is 0 Å². The first-order chi connectivity index (χ1) is 10.9. The fourth-order valence-electron chi connectivity index (χ4n) is 2.24. The van der Waals surface area contributed by atoms with E-state index in [-0.39, 0.29) is 17.2 Å². The minimum Gasteiger partial charge on any atom is -0.372 e. The maximum atomic E-state index is 12.6. The zero-order chi connectivity index (χ0) is 16.9. The second kappa shape index (κ2) is 7.51. The molecule has 0 saturated carbocycles. The predicted octanol–water partition coefficient (Wildman–Crippen LogP) is 4.96. The van der Waals surface area contributed by atoms with Crippen molar-refractivity contribution in [1.29, 1.82) is 0 Å². The van der Waals surface area contributed by atoms with Gasteiger partial charge in [-0.05, 0) is 5.56 Å². The highest BCUT2D eigenvalue weighted by molar-refractivity contribution is 7.80. The molecule has 0 spiro atoms. The van der Waals surface area contributed by atoms with Gasteiger partial charge in [0.1, 0.15) is 0 Å². The van der Waals surface area contributed by atoms with Gasteiger partial charge in [0.15, 0.2) is 5.78 Å². The summed E-state index contributed by atoms with van der Waals surface area (Å²) in [4.78, 5) is 13.3. The average molecular weight is 325 g/mol. The number of nitrogens with one attached hydrogen (secondary N) is 1. The zero-order valence-corrected chi connectivity index (χ0v) is 14.7. The van der Waals surface area contributed by atoms with E-state index in [1.165, 1.54) is 0 Å². The molecule has 0 radical (unpaired) electrons. The normalized spacial score (nSPS) is 12.5. The minimum absolute atomic E-state index is 0.115. The van der Waals surface area contributed by atoms with E-state index in [1.807, 2.05) is 60.7 Å². The summed E-state index contributed by atoms with van der Waals surface area (Å²) in [6.07, 6.45) is 0.379. The van der Waals surface area contributed by atoms with Crippen LogP contribution in [0.4, 0.5) is 0 Å². The van der Waals surface area contributed by atoms with Gasteiger partial charge in [0, 0.05) is 17.4 Å². The van der Waals surface area contributed by atoms with Crippen LogP contribution >= 0.6 is 12.2 Å². The first-order valence-electron chi connectivity index (χ1n) is 7.82. The molecule has 1 N–H and O–H groups in total. The van der Waals surface area contributed by atoms with E-state index >= 15 is 0 Å². The molecular weight excluding hydrogens is 302 g/mol. The molecular formula is C20H23NOS. The Morgan fingerprint density at radius 2 is 1.52 bits per heavy atom. The lowest BCUT2D eigenvalue weighted by Crippen LogP contribution is -2.36. The molecule has 0 aliphatic rings. The average Bonchev–Trinajstić information content (AvgIpc) is 2.55. The molecule has 3 heteroatoms. The van der Waals surface area contributed by atoms with Gasteiger partial charge in [-0.1, -0.05) is 93.7 Å². The molecule has 1 unspecified atom stereocenters. The van der Waals surface area contributed by atoms with Crippen molar-refractivity contribution >= 4 is 23.0 Å². The number of benzene rings is 2. The minimum atomic E-state index is -0.127. The molecule has 1 atom stereocenters. The van der Waals surface area contributed by atoms with Crippen LogP contribution in [0.25, 0.3) is 0 Å². The monoisotopic (exact) mass is 325 g/mol. The number of carbonyl (C=O) groups excluding carboxylic acids is 1. The summed E-state index contributed by atoms with van der Waals surface area (Å²) >= 11 is 5.51. The Kier molecular flexibility index (Phi) is 5.67. The van der Waals surface area contributed by atoms with Crippen LogP contribution in [-0.4, -0.2) is 10.8 Å². The molecule has 2 aromatic carbocycles. The van der Waals surface area contributed by atoms with Gasteiger partial charge in [0.05, 0.1) is 11.0 Å². The van der Waals surface area contributed by atoms with Crippen molar-refractivity contribution in [3.8, 4) is 0 Å². The lowest BCUT2D eigenvalue weighted by molar-refractivity contribution is 0.0971. The molecule has 120 valence electrons. The second-order valence-electron chi connectivity index (χ2n) is 6.68. The molecule has 2 aromatic rings. The van der Waals surface area contributed by atoms with E-state index in [2.05, 4.69) is 26.1 Å². The number of thiocarbonyl (C=S) groups is 1. The van der Waals surface area contributed by atoms with Crippen molar-refractivity contribution in [2.24, 2.45) is 5.41 Å². The van der Waals surface area contributed by atoms with Gasteiger partial charge in [-0.25, -0.2) is 0 Å². The number of rotatable bonds is 5. The number of hydrogen-bond acceptors (Lipinski definition) is 2. The topological polar surface area (TPSA) is 29.1 Å². The van der Waals surface area contributed by atoms with Crippen LogP contribution in [0.15, 0.2) is 60.7 Å². The molecule has 0 amide bonds. The fourth-order valence-corrected chi connectivity index (χ4v) is 2.38. The third-order valence-corrected chi connectivity index (χ3v) is 4.40. The summed E-state index contributed by atoms with van der Waals surface area (Å²) < 4.78 is 0. The summed E-state index contributed by atoms with van der Waals surface area (Å²) in [7, 11) is 0. The summed E-state index contributed by atoms with van der Waals surface area (Å²) in [6, 6.07) is 19.3. The van der Waals surface area contributed by atoms with Crippen molar-refractivity contribution in [2.45, 2.75) is 33.2 Å². The van der Waals surface area contributed by atoms with E-state index in [0.29, 0.717) is 6.42 Å². The van der Waals surface area contributed by atoms with Gasteiger partial charge < -0.3 is 5.32 Å². The number of ketones is 1. The van der Waals surface area contributed by atoms with Gasteiger partial charge in [-0.15, -0.1) is 0 Å². The van der Waals surface area contributed by atoms with Crippen LogP contribution in [-0.2, 0) is 0 Å². The number of hydrogen-bond donors (Lipinski definition) is 1. The van der Waals surface area contributed by atoms with Crippen LogP contribution in [0.2, 0.25) is 0 Å². The zero-order valence-electron chi connectivity index (χ0n) is 13.9. The Morgan fingerprint density at radius 3 is 2.04 bits per heavy atom. The van der Waals surface area contributed by atoms with Crippen LogP contribution in [0, 0.1) is 5.41 Å². The molecule has 0 saturated heterocycles. The lowest BCUT2D eigenvalue weighted by atomic mass is 9.93. The van der Waals surface area contributed by atoms with E-state index < -0.39 is 0 Å². The number of carbonyl (C=O) groups is 1. The van der Waals surface area contributed by atoms with E-state index in [4.69, 9.17) is 12.2 Å². The van der Waals surface area contributed by atoms with Gasteiger partial charge in [0.25, 0.3) is 0 Å². The molecule has 0 aliphatic heterocycles. The van der Waals surface area contributed by atoms with E-state index in [0.717, 1.165) is 16.1 Å². The summed E-state index contributed by atoms with van der Waals surface area (Å²) in [5, 5.41) is 3.38. The molecule has 0 aliphatic carbocycles. The SMILES string of the molecule is CC(C)(C)C(=S)NC(CC(=O)c1ccccc1)c1ccccc1. The first kappa shape index (κ1) is 17.4. The lowest BCUT2D eigenvalue weighted by Gasteiger charge is -2.27. The highest BCUT2D eigenvalue weighted by atomic mass is 32.1. The quantitative estimate of drug-likeness (QED) is 0.622. The van der Waals surface area contributed by atoms with Gasteiger partial charge in [0.2, 0.25) is 0 Å². The van der Waals surface area contributed by atoms with Crippen molar-refractivity contribution in [3.05, 3.63) is 71.8 Å². The van der Waals surface area contributed by atoms with Gasteiger partial charge in [-0.3, -0.25) is 4.79 Å². The van der Waals surface area contributed by atoms with Crippen molar-refractivity contribution in [1.82, 2.24) is 5.32 Å². The maximum Gasteiger partial charge on any atom is 0.165 e. The second-order valence-corrected chi connectivity index (χ2v) is 7.09. The molecule has 23 heavy (non-hydrogen) atoms. The summed E-state index contributed by atoms with van der Waals surface area (Å²) in [6.45, 7) is 6.22. The third kappa shape index (κ3) is 5.00. The Hall–Kier alpha value is -2.00. The maximum absolute atomic E-state index is 12.6. The molecule has 0 fully saturated rings. The largest absolute Gasteiger partial charge is 0.372 e. The Balaban J connectivity index is 2.21. The van der Waals surface area contributed by atoms with E-state index in [9.17, 15) is 4.79 Å². The Bertz CT molecular complexity index is 659. The fraction of sp³-hybridized carbons (Fsp3) is 0.300. The standard InChI is InChI=1S/C20H23NOS/c1-20(2,3)19(23)21-17(15-10-6-4-7-11-15)14-18(22)16-12-8-5-9-13-16/h4-13,17H,14H2,1-3H3,(H,21,23). The Labute approximate surface area is 143 Å². The van der Waals surface area contributed by atoms with Crippen molar-refractivity contribution in [2.75, 3.05) is 0 Å². The Morgan fingerprint density at radius 1 is 1.00 bits per heavy atom. The van der Waals surface area contributed by atoms with Crippen molar-refractivity contribution in [3.63, 3.8) is 0 Å². The molecule has 2 nitrogen and oxygen atoms in total. The molecule has 0 aromatic heterocycles. The van der Waals surface area contributed by atoms with Gasteiger partial charge in [-0.2, -0.15) is 0 Å². The van der Waals surface area contributed by atoms with E-state index in [1.54, 1.807) is 0 Å².